The second-order valence-corrected chi connectivity index (χ2v) is 7.69. The number of carbonyl (C=O) groups is 1. The van der Waals surface area contributed by atoms with Crippen LogP contribution in [-0.2, 0) is 4.79 Å². The minimum absolute atomic E-state index is 0.0948. The van der Waals surface area contributed by atoms with Crippen LogP contribution in [0.4, 0.5) is 4.39 Å². The van der Waals surface area contributed by atoms with Gasteiger partial charge in [0.05, 0.1) is 5.92 Å². The van der Waals surface area contributed by atoms with E-state index in [9.17, 15) is 9.18 Å². The number of halogens is 1. The molecular weight excluding hydrogens is 321 g/mol. The molecule has 2 aromatic rings. The van der Waals surface area contributed by atoms with Crippen LogP contribution < -0.4 is 0 Å². The van der Waals surface area contributed by atoms with Crippen LogP contribution in [0.1, 0.15) is 37.5 Å². The Bertz CT molecular complexity index is 815. The first-order valence-corrected chi connectivity index (χ1v) is 9.05. The average Bonchev–Trinajstić information content (AvgIpc) is 3.30. The topological polar surface area (TPSA) is 59.2 Å². The molecule has 5 rings (SSSR count). The summed E-state index contributed by atoms with van der Waals surface area (Å²) in [7, 11) is 0. The van der Waals surface area contributed by atoms with E-state index < -0.39 is 0 Å². The molecule has 2 heterocycles. The summed E-state index contributed by atoms with van der Waals surface area (Å²) in [6.45, 7) is 1.30. The molecule has 2 aliphatic carbocycles. The van der Waals surface area contributed by atoms with Crippen LogP contribution in [0.15, 0.2) is 28.8 Å². The van der Waals surface area contributed by atoms with Crippen molar-refractivity contribution in [2.45, 2.75) is 31.6 Å². The standard InChI is InChI=1S/C19H20FN3O2/c20-15-3-1-2-13(8-15)17-21-18(25-22-17)14-9-23(10-14)19(24)16-7-11-4-5-12(16)6-11/h1-3,8,11-12,14,16H,4-7,9-10H2/t11-,12+,16+/m1/s1. The number of benzene rings is 1. The highest BCUT2D eigenvalue weighted by molar-refractivity contribution is 5.80. The quantitative estimate of drug-likeness (QED) is 0.860. The zero-order valence-corrected chi connectivity index (χ0v) is 13.9. The van der Waals surface area contributed by atoms with Gasteiger partial charge in [0, 0.05) is 24.6 Å². The number of rotatable bonds is 3. The molecule has 3 fully saturated rings. The highest BCUT2D eigenvalue weighted by atomic mass is 19.1. The zero-order valence-electron chi connectivity index (χ0n) is 13.9. The molecule has 1 aromatic heterocycles. The highest BCUT2D eigenvalue weighted by Crippen LogP contribution is 2.49. The third kappa shape index (κ3) is 2.55. The lowest BCUT2D eigenvalue weighted by atomic mass is 9.86. The molecule has 6 heteroatoms. The predicted molar refractivity (Wildman–Crippen MR) is 88.0 cm³/mol. The molecule has 1 aromatic carbocycles. The highest BCUT2D eigenvalue weighted by Gasteiger charge is 2.47. The Morgan fingerprint density at radius 2 is 2.12 bits per heavy atom. The molecule has 3 aliphatic rings. The Labute approximate surface area is 145 Å². The Kier molecular flexibility index (Phi) is 3.40. The SMILES string of the molecule is O=C([C@H]1C[C@@H]2CC[C@H]1C2)N1CC(c2nc(-c3cccc(F)c3)no2)C1. The average molecular weight is 341 g/mol. The van der Waals surface area contributed by atoms with Crippen molar-refractivity contribution in [3.05, 3.63) is 36.0 Å². The van der Waals surface area contributed by atoms with Gasteiger partial charge in [0.2, 0.25) is 17.6 Å². The number of hydrogen-bond acceptors (Lipinski definition) is 4. The molecule has 5 nitrogen and oxygen atoms in total. The molecule has 2 bridgehead atoms. The van der Waals surface area contributed by atoms with E-state index >= 15 is 0 Å². The number of aromatic nitrogens is 2. The van der Waals surface area contributed by atoms with Gasteiger partial charge in [-0.2, -0.15) is 4.98 Å². The number of nitrogens with zero attached hydrogens (tertiary/aromatic N) is 3. The monoisotopic (exact) mass is 341 g/mol. The van der Waals surface area contributed by atoms with Gasteiger partial charge >= 0.3 is 0 Å². The van der Waals surface area contributed by atoms with Crippen molar-refractivity contribution in [2.24, 2.45) is 17.8 Å². The van der Waals surface area contributed by atoms with Crippen LogP contribution in [0.25, 0.3) is 11.4 Å². The second-order valence-electron chi connectivity index (χ2n) is 7.69. The fourth-order valence-corrected chi connectivity index (χ4v) is 4.74. The van der Waals surface area contributed by atoms with Gasteiger partial charge in [-0.15, -0.1) is 0 Å². The number of carbonyl (C=O) groups excluding carboxylic acids is 1. The Morgan fingerprint density at radius 1 is 1.24 bits per heavy atom. The number of amides is 1. The van der Waals surface area contributed by atoms with Crippen molar-refractivity contribution in [2.75, 3.05) is 13.1 Å². The third-order valence-corrected chi connectivity index (χ3v) is 6.12. The van der Waals surface area contributed by atoms with Gasteiger partial charge < -0.3 is 9.42 Å². The summed E-state index contributed by atoms with van der Waals surface area (Å²) in [6, 6.07) is 6.15. The van der Waals surface area contributed by atoms with Crippen LogP contribution in [0.2, 0.25) is 0 Å². The van der Waals surface area contributed by atoms with Gasteiger partial charge in [-0.3, -0.25) is 4.79 Å². The Morgan fingerprint density at radius 3 is 2.84 bits per heavy atom. The summed E-state index contributed by atoms with van der Waals surface area (Å²) in [6.07, 6.45) is 4.85. The third-order valence-electron chi connectivity index (χ3n) is 6.12. The molecule has 0 radical (unpaired) electrons. The van der Waals surface area contributed by atoms with Crippen molar-refractivity contribution in [1.82, 2.24) is 15.0 Å². The van der Waals surface area contributed by atoms with Crippen LogP contribution in [0.3, 0.4) is 0 Å². The molecule has 1 saturated heterocycles. The van der Waals surface area contributed by atoms with Gasteiger partial charge in [-0.05, 0) is 43.2 Å². The first kappa shape index (κ1) is 15.0. The van der Waals surface area contributed by atoms with Crippen LogP contribution in [0.5, 0.6) is 0 Å². The Hall–Kier alpha value is -2.24. The Balaban J connectivity index is 1.23. The lowest BCUT2D eigenvalue weighted by Crippen LogP contribution is -2.51. The number of hydrogen-bond donors (Lipinski definition) is 0. The van der Waals surface area contributed by atoms with Crippen LogP contribution >= 0.6 is 0 Å². The lowest BCUT2D eigenvalue weighted by Gasteiger charge is -2.40. The summed E-state index contributed by atoms with van der Waals surface area (Å²) >= 11 is 0. The van der Waals surface area contributed by atoms with Crippen LogP contribution in [-0.4, -0.2) is 34.0 Å². The van der Waals surface area contributed by atoms with E-state index in [0.717, 1.165) is 12.3 Å². The maximum Gasteiger partial charge on any atom is 0.233 e. The van der Waals surface area contributed by atoms with E-state index in [1.165, 1.54) is 31.4 Å². The second kappa shape index (κ2) is 5.64. The summed E-state index contributed by atoms with van der Waals surface area (Å²) in [5, 5.41) is 3.95. The van der Waals surface area contributed by atoms with Gasteiger partial charge in [-0.1, -0.05) is 23.7 Å². The molecule has 25 heavy (non-hydrogen) atoms. The van der Waals surface area contributed by atoms with E-state index in [1.807, 2.05) is 4.90 Å². The normalized spacial score (nSPS) is 28.4. The molecule has 0 N–H and O–H groups in total. The van der Waals surface area contributed by atoms with Crippen molar-refractivity contribution in [3.63, 3.8) is 0 Å². The summed E-state index contributed by atoms with van der Waals surface area (Å²) in [5.41, 5.74) is 0.601. The molecule has 3 atom stereocenters. The smallest absolute Gasteiger partial charge is 0.233 e. The number of likely N-dealkylation sites (tertiary alicyclic amines) is 1. The first-order chi connectivity index (χ1) is 12.2. The van der Waals surface area contributed by atoms with E-state index in [0.29, 0.717) is 42.2 Å². The molecule has 130 valence electrons. The lowest BCUT2D eigenvalue weighted by molar-refractivity contribution is -0.142. The predicted octanol–water partition coefficient (Wildman–Crippen LogP) is 3.24. The van der Waals surface area contributed by atoms with E-state index in [1.54, 1.807) is 12.1 Å². The summed E-state index contributed by atoms with van der Waals surface area (Å²) < 4.78 is 18.7. The van der Waals surface area contributed by atoms with Crippen molar-refractivity contribution in [1.29, 1.82) is 0 Å². The minimum Gasteiger partial charge on any atom is -0.341 e. The van der Waals surface area contributed by atoms with Crippen molar-refractivity contribution < 1.29 is 13.7 Å². The molecule has 1 amide bonds. The van der Waals surface area contributed by atoms with Crippen LogP contribution in [0, 0.1) is 23.6 Å². The largest absolute Gasteiger partial charge is 0.341 e. The van der Waals surface area contributed by atoms with Crippen molar-refractivity contribution in [3.8, 4) is 11.4 Å². The fourth-order valence-electron chi connectivity index (χ4n) is 4.74. The maximum absolute atomic E-state index is 13.3. The molecule has 0 spiro atoms. The van der Waals surface area contributed by atoms with Crippen molar-refractivity contribution >= 4 is 5.91 Å². The fraction of sp³-hybridized carbons (Fsp3) is 0.526. The van der Waals surface area contributed by atoms with E-state index in [2.05, 4.69) is 10.1 Å². The first-order valence-electron chi connectivity index (χ1n) is 9.05. The minimum atomic E-state index is -0.324. The summed E-state index contributed by atoms with van der Waals surface area (Å²) in [5.74, 6) is 2.65. The zero-order chi connectivity index (χ0) is 17.0. The van der Waals surface area contributed by atoms with Gasteiger partial charge in [0.15, 0.2) is 0 Å². The molecule has 2 saturated carbocycles. The summed E-state index contributed by atoms with van der Waals surface area (Å²) in [4.78, 5) is 19.0. The van der Waals surface area contributed by atoms with Gasteiger partial charge in [0.1, 0.15) is 5.82 Å². The van der Waals surface area contributed by atoms with Gasteiger partial charge in [0.25, 0.3) is 0 Å². The molecule has 0 unspecified atom stereocenters. The maximum atomic E-state index is 13.3. The molecule has 1 aliphatic heterocycles. The van der Waals surface area contributed by atoms with E-state index in [4.69, 9.17) is 4.52 Å². The van der Waals surface area contributed by atoms with E-state index in [-0.39, 0.29) is 17.7 Å². The molecular formula is C19H20FN3O2. The number of fused-ring (bicyclic) bond motifs is 2. The van der Waals surface area contributed by atoms with Gasteiger partial charge in [-0.25, -0.2) is 4.39 Å².